The van der Waals surface area contributed by atoms with Gasteiger partial charge in [0.05, 0.1) is 13.1 Å². The molecule has 1 aliphatic heterocycles. The molecule has 1 aromatic rings. The standard InChI is InChI=1S/C21H26F4N2O5/c1-19(2,3)32-17(29)15(26-18(30)31-11-14-7-5-4-6-8-14)9-10-16(28)27-12-20(22,23)21(24,25)13-27/h4-8,15H,9-13H2,1-3H3,(H,26,30)/t15-/m0/s1. The Morgan fingerprint density at radius 1 is 1.06 bits per heavy atom. The summed E-state index contributed by atoms with van der Waals surface area (Å²) in [5.41, 5.74) is -0.212. The van der Waals surface area contributed by atoms with Crippen molar-refractivity contribution in [3.05, 3.63) is 35.9 Å². The molecular formula is C21H26F4N2O5. The van der Waals surface area contributed by atoms with Crippen molar-refractivity contribution < 1.29 is 41.4 Å². The fraction of sp³-hybridized carbons (Fsp3) is 0.571. The molecule has 32 heavy (non-hydrogen) atoms. The maximum Gasteiger partial charge on any atom is 0.408 e. The number of likely N-dealkylation sites (tertiary alicyclic amines) is 1. The Morgan fingerprint density at radius 2 is 1.62 bits per heavy atom. The molecule has 0 unspecified atom stereocenters. The van der Waals surface area contributed by atoms with E-state index in [1.54, 1.807) is 51.1 Å². The Kier molecular flexibility index (Phi) is 7.74. The van der Waals surface area contributed by atoms with Crippen molar-refractivity contribution in [1.29, 1.82) is 0 Å². The maximum atomic E-state index is 13.4. The van der Waals surface area contributed by atoms with Gasteiger partial charge in [-0.15, -0.1) is 0 Å². The van der Waals surface area contributed by atoms with E-state index in [-0.39, 0.29) is 13.0 Å². The van der Waals surface area contributed by atoms with Crippen LogP contribution in [0.1, 0.15) is 39.2 Å². The molecule has 1 aromatic carbocycles. The van der Waals surface area contributed by atoms with Crippen LogP contribution >= 0.6 is 0 Å². The van der Waals surface area contributed by atoms with E-state index in [4.69, 9.17) is 9.47 Å². The molecule has 2 rings (SSSR count). The second-order valence-electron chi connectivity index (χ2n) is 8.49. The summed E-state index contributed by atoms with van der Waals surface area (Å²) in [7, 11) is 0. The third kappa shape index (κ3) is 7.10. The number of rotatable bonds is 7. The highest BCUT2D eigenvalue weighted by Gasteiger charge is 2.63. The fourth-order valence-corrected chi connectivity index (χ4v) is 2.90. The van der Waals surface area contributed by atoms with Crippen LogP contribution < -0.4 is 5.32 Å². The van der Waals surface area contributed by atoms with Crippen LogP contribution in [-0.4, -0.2) is 59.4 Å². The van der Waals surface area contributed by atoms with Gasteiger partial charge in [-0.3, -0.25) is 4.79 Å². The van der Waals surface area contributed by atoms with Gasteiger partial charge >= 0.3 is 23.9 Å². The lowest BCUT2D eigenvalue weighted by Gasteiger charge is -2.25. The second-order valence-corrected chi connectivity index (χ2v) is 8.49. The van der Waals surface area contributed by atoms with Crippen molar-refractivity contribution in [2.24, 2.45) is 0 Å². The lowest BCUT2D eigenvalue weighted by atomic mass is 10.1. The van der Waals surface area contributed by atoms with Gasteiger partial charge in [0.2, 0.25) is 5.91 Å². The molecule has 0 bridgehead atoms. The molecule has 0 radical (unpaired) electrons. The van der Waals surface area contributed by atoms with Crippen LogP contribution in [0.25, 0.3) is 0 Å². The lowest BCUT2D eigenvalue weighted by Crippen LogP contribution is -2.45. The van der Waals surface area contributed by atoms with Crippen molar-refractivity contribution in [2.45, 2.75) is 63.7 Å². The summed E-state index contributed by atoms with van der Waals surface area (Å²) in [4.78, 5) is 37.1. The minimum Gasteiger partial charge on any atom is -0.458 e. The lowest BCUT2D eigenvalue weighted by molar-refractivity contribution is -0.172. The number of esters is 1. The number of nitrogens with one attached hydrogen (secondary N) is 1. The zero-order valence-electron chi connectivity index (χ0n) is 18.0. The van der Waals surface area contributed by atoms with E-state index in [1.165, 1.54) is 0 Å². The molecule has 2 amide bonds. The molecule has 1 saturated heterocycles. The number of nitrogens with zero attached hydrogens (tertiary/aromatic N) is 1. The summed E-state index contributed by atoms with van der Waals surface area (Å²) in [6.45, 7) is 1.87. The summed E-state index contributed by atoms with van der Waals surface area (Å²) < 4.78 is 63.7. The van der Waals surface area contributed by atoms with E-state index < -0.39 is 61.0 Å². The van der Waals surface area contributed by atoms with Gasteiger partial charge in [-0.2, -0.15) is 17.6 Å². The molecule has 0 aromatic heterocycles. The number of hydrogen-bond donors (Lipinski definition) is 1. The van der Waals surface area contributed by atoms with Crippen LogP contribution in [0.5, 0.6) is 0 Å². The number of carbonyl (C=O) groups excluding carboxylic acids is 3. The SMILES string of the molecule is CC(C)(C)OC(=O)[C@H](CCC(=O)N1CC(F)(F)C(F)(F)C1)NC(=O)OCc1ccccc1. The smallest absolute Gasteiger partial charge is 0.408 e. The van der Waals surface area contributed by atoms with Crippen molar-refractivity contribution in [3.63, 3.8) is 0 Å². The molecule has 7 nitrogen and oxygen atoms in total. The number of carbonyl (C=O) groups is 3. The van der Waals surface area contributed by atoms with E-state index in [0.717, 1.165) is 0 Å². The van der Waals surface area contributed by atoms with Crippen LogP contribution in [0.3, 0.4) is 0 Å². The van der Waals surface area contributed by atoms with Gasteiger partial charge in [-0.25, -0.2) is 9.59 Å². The molecule has 0 spiro atoms. The number of amides is 2. The number of alkyl halides is 4. The Morgan fingerprint density at radius 3 is 2.16 bits per heavy atom. The van der Waals surface area contributed by atoms with Crippen LogP contribution in [0.4, 0.5) is 22.4 Å². The van der Waals surface area contributed by atoms with Crippen LogP contribution in [0.2, 0.25) is 0 Å². The number of benzene rings is 1. The third-order valence-corrected chi connectivity index (χ3v) is 4.51. The molecule has 0 aliphatic carbocycles. The van der Waals surface area contributed by atoms with E-state index in [1.807, 2.05) is 0 Å². The topological polar surface area (TPSA) is 84.9 Å². The predicted octanol–water partition coefficient (Wildman–Crippen LogP) is 3.52. The van der Waals surface area contributed by atoms with Crippen molar-refractivity contribution in [3.8, 4) is 0 Å². The first kappa shape index (κ1) is 25.4. The largest absolute Gasteiger partial charge is 0.458 e. The van der Waals surface area contributed by atoms with Crippen LogP contribution in [0, 0.1) is 0 Å². The first-order chi connectivity index (χ1) is 14.7. The average Bonchev–Trinajstić information content (AvgIpc) is 2.90. The molecule has 0 saturated carbocycles. The molecular weight excluding hydrogens is 436 g/mol. The molecule has 1 N–H and O–H groups in total. The van der Waals surface area contributed by atoms with Gasteiger partial charge < -0.3 is 19.7 Å². The summed E-state index contributed by atoms with van der Waals surface area (Å²) in [6.07, 6.45) is -1.84. The molecule has 11 heteroatoms. The van der Waals surface area contributed by atoms with Gasteiger partial charge in [-0.05, 0) is 32.8 Å². The Bertz CT molecular complexity index is 811. The van der Waals surface area contributed by atoms with E-state index in [2.05, 4.69) is 5.32 Å². The van der Waals surface area contributed by atoms with Gasteiger partial charge in [0.15, 0.2) is 0 Å². The van der Waals surface area contributed by atoms with Gasteiger partial charge in [0, 0.05) is 6.42 Å². The normalized spacial score (nSPS) is 18.0. The molecule has 178 valence electrons. The van der Waals surface area contributed by atoms with Crippen LogP contribution in [-0.2, 0) is 25.7 Å². The monoisotopic (exact) mass is 462 g/mol. The molecule has 1 aliphatic rings. The van der Waals surface area contributed by atoms with E-state index in [9.17, 15) is 31.9 Å². The number of hydrogen-bond acceptors (Lipinski definition) is 5. The summed E-state index contributed by atoms with van der Waals surface area (Å²) in [5.74, 6) is -10.5. The highest BCUT2D eigenvalue weighted by molar-refractivity contribution is 5.83. The second kappa shape index (κ2) is 9.74. The van der Waals surface area contributed by atoms with Gasteiger partial charge in [0.1, 0.15) is 18.2 Å². The minimum absolute atomic E-state index is 0.0788. The quantitative estimate of drug-likeness (QED) is 0.495. The first-order valence-corrected chi connectivity index (χ1v) is 9.94. The molecule has 1 fully saturated rings. The van der Waals surface area contributed by atoms with Crippen molar-refractivity contribution in [2.75, 3.05) is 13.1 Å². The average molecular weight is 462 g/mol. The van der Waals surface area contributed by atoms with Gasteiger partial charge in [-0.1, -0.05) is 30.3 Å². The van der Waals surface area contributed by atoms with Gasteiger partial charge in [0.25, 0.3) is 0 Å². The highest BCUT2D eigenvalue weighted by atomic mass is 19.3. The summed E-state index contributed by atoms with van der Waals surface area (Å²) >= 11 is 0. The number of alkyl carbamates (subject to hydrolysis) is 1. The Balaban J connectivity index is 1.98. The molecule has 1 heterocycles. The Hall–Kier alpha value is -2.85. The predicted molar refractivity (Wildman–Crippen MR) is 105 cm³/mol. The van der Waals surface area contributed by atoms with Crippen molar-refractivity contribution in [1.82, 2.24) is 10.2 Å². The van der Waals surface area contributed by atoms with Crippen molar-refractivity contribution >= 4 is 18.0 Å². The number of halogens is 4. The van der Waals surface area contributed by atoms with Crippen LogP contribution in [0.15, 0.2) is 30.3 Å². The Labute approximate surface area is 183 Å². The molecule has 1 atom stereocenters. The summed E-state index contributed by atoms with van der Waals surface area (Å²) in [5, 5.41) is 2.29. The first-order valence-electron chi connectivity index (χ1n) is 9.94. The highest BCUT2D eigenvalue weighted by Crippen LogP contribution is 2.41. The zero-order valence-corrected chi connectivity index (χ0v) is 18.0. The fourth-order valence-electron chi connectivity index (χ4n) is 2.90. The van der Waals surface area contributed by atoms with E-state index in [0.29, 0.717) is 10.5 Å². The van der Waals surface area contributed by atoms with E-state index >= 15 is 0 Å². The maximum absolute atomic E-state index is 13.4. The zero-order chi connectivity index (χ0) is 24.2. The number of ether oxygens (including phenoxy) is 2. The summed E-state index contributed by atoms with van der Waals surface area (Å²) in [6, 6.07) is 7.38. The third-order valence-electron chi connectivity index (χ3n) is 4.51. The minimum atomic E-state index is -4.33.